The lowest BCUT2D eigenvalue weighted by molar-refractivity contribution is -0.148. The number of hydrazine groups is 1. The number of amides is 10. The molecule has 0 aromatic heterocycles. The van der Waals surface area contributed by atoms with Crippen LogP contribution in [0.4, 0.5) is 5.69 Å². The molecule has 0 unspecified atom stereocenters. The number of aliphatic carboxylic acids is 3. The lowest BCUT2D eigenvalue weighted by atomic mass is 9.90. The maximum Gasteiger partial charge on any atom is 0.336 e. The highest BCUT2D eigenvalue weighted by Crippen LogP contribution is 2.43. The van der Waals surface area contributed by atoms with Gasteiger partial charge < -0.3 is 103 Å². The number of phenols is 3. The molecule has 9 atom stereocenters. The van der Waals surface area contributed by atoms with Crippen molar-refractivity contribution >= 4 is 117 Å². The Balaban J connectivity index is 0.864. The minimum Gasteiger partial charge on any atom is -0.508 e. The number of rotatable bonds is 36. The number of likely N-dealkylation sites (tertiary alicyclic amines) is 3. The van der Waals surface area contributed by atoms with E-state index in [1.807, 2.05) is 0 Å². The monoisotopic (exact) mass is 1550 g/mol. The number of carboxylic acids is 4. The van der Waals surface area contributed by atoms with E-state index in [-0.39, 0.29) is 115 Å². The van der Waals surface area contributed by atoms with Crippen molar-refractivity contribution in [3.05, 3.63) is 94.1 Å². The Morgan fingerprint density at radius 2 is 1.22 bits per heavy atom. The fourth-order valence-corrected chi connectivity index (χ4v) is 13.5. The fraction of sp³-hybridized carbons (Fsp3) is 0.444. The molecular weight excluding hydrogens is 1460 g/mol. The number of carboxylic acid groups (broad SMARTS) is 4. The molecule has 3 fully saturated rings. The number of fused-ring (bicyclic) bond motifs is 2. The summed E-state index contributed by atoms with van der Waals surface area (Å²) in [6.45, 7) is 1.22. The highest BCUT2D eigenvalue weighted by Gasteiger charge is 2.43. The molecule has 4 heterocycles. The van der Waals surface area contributed by atoms with Crippen LogP contribution >= 0.6 is 12.2 Å². The summed E-state index contributed by atoms with van der Waals surface area (Å²) < 4.78 is 5.94. The number of phenolic OH excluding ortho intramolecular Hbond substituents is 3. The van der Waals surface area contributed by atoms with Crippen LogP contribution in [-0.4, -0.2) is 236 Å². The molecule has 3 saturated heterocycles. The molecule has 1 aliphatic carbocycles. The van der Waals surface area contributed by atoms with Crippen LogP contribution in [0.3, 0.4) is 0 Å². The average molecular weight is 1550 g/mol. The van der Waals surface area contributed by atoms with Crippen molar-refractivity contribution in [2.24, 2.45) is 5.73 Å². The van der Waals surface area contributed by atoms with Crippen molar-refractivity contribution in [2.75, 3.05) is 38.0 Å². The van der Waals surface area contributed by atoms with E-state index in [0.717, 1.165) is 27.8 Å². The van der Waals surface area contributed by atoms with Crippen LogP contribution in [0.1, 0.15) is 126 Å². The van der Waals surface area contributed by atoms with Gasteiger partial charge in [0.2, 0.25) is 53.2 Å². The van der Waals surface area contributed by atoms with Gasteiger partial charge in [-0.2, -0.15) is 0 Å². The number of carbonyl (C=O) groups is 14. The zero-order chi connectivity index (χ0) is 80.4. The fourth-order valence-electron chi connectivity index (χ4n) is 13.3. The number of aromatic carboxylic acids is 1. The second kappa shape index (κ2) is 38.1. The van der Waals surface area contributed by atoms with Gasteiger partial charge in [0.25, 0.3) is 5.91 Å². The van der Waals surface area contributed by atoms with Crippen molar-refractivity contribution in [1.29, 1.82) is 0 Å². The number of thiocarbonyl (C=S) groups is 1. The second-order valence-corrected chi connectivity index (χ2v) is 27.2. The number of hydrogen-bond donors (Lipinski definition) is 17. The maximum atomic E-state index is 14.5. The minimum atomic E-state index is -1.84. The predicted molar refractivity (Wildman–Crippen MR) is 391 cm³/mol. The summed E-state index contributed by atoms with van der Waals surface area (Å²) >= 11 is 5.58. The molecule has 37 nitrogen and oxygen atoms in total. The highest BCUT2D eigenvalue weighted by atomic mass is 32.1. The van der Waals surface area contributed by atoms with Gasteiger partial charge in [0.1, 0.15) is 72.0 Å². The van der Waals surface area contributed by atoms with Crippen LogP contribution in [-0.2, 0) is 68.9 Å². The number of unbranched alkanes of at least 4 members (excludes halogenated alkanes) is 1. The number of para-hydroxylation sites is 1. The van der Waals surface area contributed by atoms with Crippen LogP contribution in [0.5, 0.6) is 17.2 Å². The second-order valence-electron chi connectivity index (χ2n) is 26.8. The summed E-state index contributed by atoms with van der Waals surface area (Å²) in [6.07, 6.45) is -3.28. The molecule has 110 heavy (non-hydrogen) atoms. The van der Waals surface area contributed by atoms with Crippen molar-refractivity contribution in [3.8, 4) is 39.7 Å². The zero-order valence-corrected chi connectivity index (χ0v) is 60.7. The van der Waals surface area contributed by atoms with Gasteiger partial charge in [0.15, 0.2) is 22.0 Å². The number of nitrogens with zero attached hydrogens (tertiary/aromatic N) is 4. The molecule has 5 aliphatic rings. The van der Waals surface area contributed by atoms with Gasteiger partial charge in [-0.3, -0.25) is 72.1 Å². The third kappa shape index (κ3) is 21.9. The van der Waals surface area contributed by atoms with Crippen molar-refractivity contribution in [2.45, 2.75) is 171 Å². The Labute approximate surface area is 632 Å². The van der Waals surface area contributed by atoms with Gasteiger partial charge >= 0.3 is 23.9 Å². The summed E-state index contributed by atoms with van der Waals surface area (Å²) in [4.78, 5) is 202. The Hall–Kier alpha value is -12.1. The van der Waals surface area contributed by atoms with Crippen LogP contribution in [0.15, 0.2) is 82.0 Å². The normalized spacial score (nSPS) is 17.0. The first-order valence-electron chi connectivity index (χ1n) is 35.4. The van der Waals surface area contributed by atoms with Crippen LogP contribution < -0.4 is 53.8 Å². The molecule has 38 heteroatoms. The summed E-state index contributed by atoms with van der Waals surface area (Å²) in [7, 11) is 0. The van der Waals surface area contributed by atoms with E-state index in [9.17, 15) is 108 Å². The molecule has 4 aliphatic heterocycles. The molecule has 0 spiro atoms. The minimum absolute atomic E-state index is 0.00650. The summed E-state index contributed by atoms with van der Waals surface area (Å²) in [6, 6.07) is 4.85. The topological polar surface area (TPSA) is 566 Å². The first-order chi connectivity index (χ1) is 52.2. The number of primary amides is 1. The summed E-state index contributed by atoms with van der Waals surface area (Å²) in [5.74, 6) is -15.7. The molecular formula is C72H87N13O24S. The quantitative estimate of drug-likeness (QED) is 0.00840. The number of carbonyl (C=O) groups excluding carboxylic acids is 10. The molecule has 8 rings (SSSR count). The molecule has 10 amide bonds. The Bertz CT molecular complexity index is 4400. The Morgan fingerprint density at radius 1 is 0.627 bits per heavy atom. The Kier molecular flexibility index (Phi) is 29.0. The SMILES string of the molecule is C[C@@H](NC(=O)[C@H](NC(=O)[C@H]1CCCN1C(=O)[C@@H](CCC(=O)O)NC(=O)[C@H]1CCCN1C(=O)CCCCNC(=S)Nc1ccc(C(=O)O)c(-c2c3ccc(=O)cc-3oc3cc(O)ccc23)c1)[C@@H](C)O)C(=O)N(CC(=O)N1CCC[C@@H]1C(=O)N[C@H](CCC(=O)O)C(=O)N[C@H](CCC(=O)O)C(N)=O)NCc1cccc(O)c1O. The smallest absolute Gasteiger partial charge is 0.336 e. The van der Waals surface area contributed by atoms with Gasteiger partial charge in [-0.25, -0.2) is 10.2 Å². The molecule has 18 N–H and O–H groups in total. The van der Waals surface area contributed by atoms with Gasteiger partial charge in [0, 0.05) is 98.3 Å². The summed E-state index contributed by atoms with van der Waals surface area (Å²) in [5.41, 5.74) is 9.32. The lowest BCUT2D eigenvalue weighted by Gasteiger charge is -2.32. The summed E-state index contributed by atoms with van der Waals surface area (Å²) in [5, 5.41) is 100. The molecule has 0 saturated carbocycles. The number of nitrogens with one attached hydrogen (secondary N) is 8. The van der Waals surface area contributed by atoms with E-state index < -0.39 is 195 Å². The number of aromatic hydroxyl groups is 3. The van der Waals surface area contributed by atoms with E-state index in [1.54, 1.807) is 12.1 Å². The number of aliphatic hydroxyl groups excluding tert-OH is 1. The van der Waals surface area contributed by atoms with Gasteiger partial charge in [0.05, 0.1) is 11.7 Å². The molecule has 3 aromatic carbocycles. The largest absolute Gasteiger partial charge is 0.508 e. The first-order valence-corrected chi connectivity index (χ1v) is 35.8. The third-order valence-corrected chi connectivity index (χ3v) is 19.2. The predicted octanol–water partition coefficient (Wildman–Crippen LogP) is 0.247. The average Bonchev–Trinajstić information content (AvgIpc) is 0.784. The number of hydrogen-bond acceptors (Lipinski definition) is 22. The number of nitrogens with two attached hydrogens (primary N) is 1. The Morgan fingerprint density at radius 3 is 1.84 bits per heavy atom. The van der Waals surface area contributed by atoms with Gasteiger partial charge in [-0.1, -0.05) is 12.1 Å². The number of benzene rings is 4. The number of anilines is 1. The molecule has 0 radical (unpaired) electrons. The standard InChI is InChI=1S/C72H87N13O24S/c1-36(69(105)85(75-34-38-9-5-13-52(89)62(38)98)35-56(91)83-29-7-11-50(83)65(101)79-47(22-25-58(94)95)64(100)78-46(63(73)99)21-24-57(92)93)76-68(104)61(37(2)86)81-67(103)51-12-8-30-84(51)70(106)48(23-26-59(96)97)80-66(102)49-10-6-28-82(49)55(90)14-3-4-27-74-72(110)77-39-15-18-42(71(107)108)45(31-39)60-43-19-16-40(87)32-53(43)109-54-33-41(88)17-20-44(54)60/h5,9,13,15-20,31-33,36-37,46-51,61,75,86-87,89,98H,3-4,6-8,10-12,14,21-30,34-35H2,1-2H3,(H2,73,99)(H,76,104)(H,78,100)(H,79,101)(H,80,102)(H,81,103)(H,92,93)(H,94,95)(H,96,97)(H,107,108)(H2,74,77,110)/t36-,37-,46-,47-,48-,49-,50-,51-,61-/m1/s1. The first kappa shape index (κ1) is 83.6. The van der Waals surface area contributed by atoms with Crippen molar-refractivity contribution < 1.29 is 112 Å². The number of aliphatic hydroxyl groups is 1. The van der Waals surface area contributed by atoms with E-state index in [2.05, 4.69) is 42.6 Å². The molecule has 0 bridgehead atoms. The molecule has 3 aromatic rings. The van der Waals surface area contributed by atoms with Crippen molar-refractivity contribution in [3.63, 3.8) is 0 Å². The van der Waals surface area contributed by atoms with E-state index >= 15 is 0 Å². The van der Waals surface area contributed by atoms with Crippen LogP contribution in [0, 0.1) is 0 Å². The van der Waals surface area contributed by atoms with Gasteiger partial charge in [-0.05, 0) is 151 Å². The van der Waals surface area contributed by atoms with Crippen LogP contribution in [0.2, 0.25) is 0 Å². The van der Waals surface area contributed by atoms with Gasteiger partial charge in [-0.15, -0.1) is 0 Å². The zero-order valence-electron chi connectivity index (χ0n) is 59.9. The van der Waals surface area contributed by atoms with E-state index in [0.29, 0.717) is 41.5 Å². The van der Waals surface area contributed by atoms with E-state index in [1.165, 1.54) is 66.4 Å². The molecule has 590 valence electrons. The van der Waals surface area contributed by atoms with E-state index in [4.69, 9.17) is 27.5 Å². The van der Waals surface area contributed by atoms with Crippen molar-refractivity contribution in [1.82, 2.24) is 57.0 Å². The van der Waals surface area contributed by atoms with Crippen LogP contribution in [0.25, 0.3) is 33.4 Å². The lowest BCUT2D eigenvalue weighted by Crippen LogP contribution is -2.61. The maximum absolute atomic E-state index is 14.5. The third-order valence-electron chi connectivity index (χ3n) is 18.9. The highest BCUT2D eigenvalue weighted by molar-refractivity contribution is 7.80.